The topological polar surface area (TPSA) is 84.3 Å². The Labute approximate surface area is 115 Å². The number of nitrogens with one attached hydrogen (secondary N) is 1. The van der Waals surface area contributed by atoms with Gasteiger partial charge in [0.15, 0.2) is 0 Å². The fourth-order valence-electron chi connectivity index (χ4n) is 1.70. The molecule has 2 rings (SSSR count). The summed E-state index contributed by atoms with van der Waals surface area (Å²) in [7, 11) is 0. The molecule has 0 amide bonds. The molecule has 3 atom stereocenters. The third kappa shape index (κ3) is 2.56. The second-order valence-electron chi connectivity index (χ2n) is 3.73. The zero-order chi connectivity index (χ0) is 12.6. The van der Waals surface area contributed by atoms with Crippen LogP contribution in [0.15, 0.2) is 15.8 Å². The monoisotopic (exact) mass is 372 g/mol. The van der Waals surface area contributed by atoms with Crippen molar-refractivity contribution in [3.8, 4) is 0 Å². The number of alkyl halides is 1. The predicted molar refractivity (Wildman–Crippen MR) is 69.8 cm³/mol. The van der Waals surface area contributed by atoms with Gasteiger partial charge in [-0.15, -0.1) is 0 Å². The number of ether oxygens (including phenoxy) is 1. The summed E-state index contributed by atoms with van der Waals surface area (Å²) in [5.74, 6) is 0. The highest BCUT2D eigenvalue weighted by Crippen LogP contribution is 2.28. The van der Waals surface area contributed by atoms with E-state index in [9.17, 15) is 14.7 Å². The summed E-state index contributed by atoms with van der Waals surface area (Å²) < 4.78 is 7.33. The summed E-state index contributed by atoms with van der Waals surface area (Å²) in [4.78, 5) is 24.8. The summed E-state index contributed by atoms with van der Waals surface area (Å²) in [5, 5.41) is 9.60. The van der Waals surface area contributed by atoms with Crippen molar-refractivity contribution in [1.82, 2.24) is 9.55 Å². The molecule has 6 nitrogen and oxygen atoms in total. The van der Waals surface area contributed by atoms with E-state index < -0.39 is 23.6 Å². The summed E-state index contributed by atoms with van der Waals surface area (Å²) >= 11 is 7.75. The van der Waals surface area contributed by atoms with Crippen molar-refractivity contribution in [3.63, 3.8) is 0 Å². The van der Waals surface area contributed by atoms with Crippen molar-refractivity contribution in [2.24, 2.45) is 0 Å². The molecule has 0 aliphatic carbocycles. The number of rotatable bonds is 2. The molecule has 1 fully saturated rings. The molecular weight excluding hydrogens is 362 g/mol. The number of hydrogen-bond acceptors (Lipinski definition) is 4. The third-order valence-electron chi connectivity index (χ3n) is 2.59. The van der Waals surface area contributed by atoms with Crippen molar-refractivity contribution >= 4 is 34.2 Å². The van der Waals surface area contributed by atoms with E-state index in [2.05, 4.69) is 27.6 Å². The Morgan fingerprint density at radius 2 is 2.35 bits per heavy atom. The summed E-state index contributed by atoms with van der Waals surface area (Å²) in [6.07, 6.45) is 0.0188. The fraction of sp³-hybridized carbons (Fsp3) is 0.556. The van der Waals surface area contributed by atoms with Crippen LogP contribution in [0.1, 0.15) is 12.6 Å². The number of aromatic nitrogens is 2. The molecule has 17 heavy (non-hydrogen) atoms. The van der Waals surface area contributed by atoms with Crippen LogP contribution >= 0.6 is 34.2 Å². The molecule has 0 bridgehead atoms. The lowest BCUT2D eigenvalue weighted by Gasteiger charge is -2.14. The number of nitrogens with zero attached hydrogens (tertiary/aromatic N) is 1. The molecular formula is C9H10ClIN2O4. The first-order valence-corrected chi connectivity index (χ1v) is 6.83. The van der Waals surface area contributed by atoms with Gasteiger partial charge in [-0.25, -0.2) is 4.79 Å². The van der Waals surface area contributed by atoms with Crippen molar-refractivity contribution in [3.05, 3.63) is 32.1 Å². The lowest BCUT2D eigenvalue weighted by molar-refractivity contribution is -0.00608. The Morgan fingerprint density at radius 3 is 2.94 bits per heavy atom. The van der Waals surface area contributed by atoms with Crippen molar-refractivity contribution in [2.75, 3.05) is 4.43 Å². The second-order valence-corrected chi connectivity index (χ2v) is 5.02. The number of H-pyrrole nitrogens is 1. The molecule has 0 aromatic carbocycles. The zero-order valence-electron chi connectivity index (χ0n) is 8.60. The van der Waals surface area contributed by atoms with Gasteiger partial charge in [-0.05, 0) is 0 Å². The number of aliphatic hydroxyl groups is 1. The molecule has 0 unspecified atom stereocenters. The van der Waals surface area contributed by atoms with Crippen molar-refractivity contribution < 1.29 is 9.84 Å². The first kappa shape index (κ1) is 13.1. The summed E-state index contributed by atoms with van der Waals surface area (Å²) in [6, 6.07) is 0. The van der Waals surface area contributed by atoms with Crippen LogP contribution in [-0.2, 0) is 4.74 Å². The number of halogens is 2. The van der Waals surface area contributed by atoms with E-state index >= 15 is 0 Å². The van der Waals surface area contributed by atoms with Crippen LogP contribution in [0.3, 0.4) is 0 Å². The van der Waals surface area contributed by atoms with Crippen LogP contribution in [0.2, 0.25) is 5.02 Å². The standard InChI is InChI=1S/C9H10ClIN2O4/c10-4-3-13(9(16)12-8(4)15)7-1-5(14)6(2-11)17-7/h3,5-7,14H,1-2H2,(H,12,15,16)/t5-,6+,7+/m0/s1. The van der Waals surface area contributed by atoms with E-state index in [-0.39, 0.29) is 11.1 Å². The summed E-state index contributed by atoms with van der Waals surface area (Å²) in [6.45, 7) is 0. The largest absolute Gasteiger partial charge is 0.390 e. The zero-order valence-corrected chi connectivity index (χ0v) is 11.5. The fourth-order valence-corrected chi connectivity index (χ4v) is 2.65. The average molecular weight is 373 g/mol. The van der Waals surface area contributed by atoms with Crippen LogP contribution in [0, 0.1) is 0 Å². The first-order chi connectivity index (χ1) is 8.02. The number of aromatic amines is 1. The quantitative estimate of drug-likeness (QED) is 0.577. The Kier molecular flexibility index (Phi) is 3.91. The van der Waals surface area contributed by atoms with Gasteiger partial charge in [-0.3, -0.25) is 14.3 Å². The molecule has 0 spiro atoms. The maximum absolute atomic E-state index is 11.6. The SMILES string of the molecule is O=c1[nH]c(=O)n([C@H]2C[C@H](O)[C@@H](CI)O2)cc1Cl. The Balaban J connectivity index is 2.34. The van der Waals surface area contributed by atoms with Crippen LogP contribution in [0.25, 0.3) is 0 Å². The van der Waals surface area contributed by atoms with Crippen LogP contribution in [0.4, 0.5) is 0 Å². The van der Waals surface area contributed by atoms with E-state index in [0.29, 0.717) is 10.8 Å². The Bertz CT molecular complexity index is 528. The van der Waals surface area contributed by atoms with Gasteiger partial charge in [0, 0.05) is 17.0 Å². The molecule has 94 valence electrons. The van der Waals surface area contributed by atoms with E-state index in [0.717, 1.165) is 0 Å². The maximum Gasteiger partial charge on any atom is 0.330 e. The van der Waals surface area contributed by atoms with Gasteiger partial charge in [0.1, 0.15) is 11.3 Å². The van der Waals surface area contributed by atoms with Gasteiger partial charge < -0.3 is 9.84 Å². The number of hydrogen-bond donors (Lipinski definition) is 2. The molecule has 0 saturated carbocycles. The van der Waals surface area contributed by atoms with Crippen LogP contribution in [-0.4, -0.2) is 31.3 Å². The molecule has 2 heterocycles. The normalized spacial score (nSPS) is 28.5. The number of aliphatic hydroxyl groups excluding tert-OH is 1. The molecule has 8 heteroatoms. The Morgan fingerprint density at radius 1 is 1.65 bits per heavy atom. The summed E-state index contributed by atoms with van der Waals surface area (Å²) in [5.41, 5.74) is -1.22. The van der Waals surface area contributed by atoms with E-state index in [1.165, 1.54) is 10.8 Å². The third-order valence-corrected chi connectivity index (χ3v) is 3.73. The minimum absolute atomic E-state index is 0.0828. The van der Waals surface area contributed by atoms with Gasteiger partial charge in [0.25, 0.3) is 5.56 Å². The van der Waals surface area contributed by atoms with Gasteiger partial charge >= 0.3 is 5.69 Å². The van der Waals surface area contributed by atoms with E-state index in [1.54, 1.807) is 0 Å². The van der Waals surface area contributed by atoms with E-state index in [1.807, 2.05) is 0 Å². The average Bonchev–Trinajstić information content (AvgIpc) is 2.65. The maximum atomic E-state index is 11.6. The Hall–Kier alpha value is -0.380. The lowest BCUT2D eigenvalue weighted by Crippen LogP contribution is -2.32. The smallest absolute Gasteiger partial charge is 0.330 e. The van der Waals surface area contributed by atoms with Crippen LogP contribution < -0.4 is 11.2 Å². The van der Waals surface area contributed by atoms with Gasteiger partial charge in [0.05, 0.1) is 12.2 Å². The molecule has 2 N–H and O–H groups in total. The minimum atomic E-state index is -0.628. The molecule has 1 aromatic heterocycles. The van der Waals surface area contributed by atoms with Crippen molar-refractivity contribution in [1.29, 1.82) is 0 Å². The lowest BCUT2D eigenvalue weighted by atomic mass is 10.2. The molecule has 1 aliphatic heterocycles. The van der Waals surface area contributed by atoms with E-state index in [4.69, 9.17) is 16.3 Å². The highest BCUT2D eigenvalue weighted by molar-refractivity contribution is 14.1. The van der Waals surface area contributed by atoms with Gasteiger partial charge in [-0.1, -0.05) is 34.2 Å². The van der Waals surface area contributed by atoms with Crippen LogP contribution in [0.5, 0.6) is 0 Å². The molecule has 1 saturated heterocycles. The second kappa shape index (κ2) is 5.09. The highest BCUT2D eigenvalue weighted by atomic mass is 127. The minimum Gasteiger partial charge on any atom is -0.390 e. The molecule has 1 aliphatic rings. The first-order valence-electron chi connectivity index (χ1n) is 4.93. The van der Waals surface area contributed by atoms with Gasteiger partial charge in [0.2, 0.25) is 0 Å². The molecule has 1 aromatic rings. The predicted octanol–water partition coefficient (Wildman–Crippen LogP) is 0.273. The molecule has 0 radical (unpaired) electrons. The van der Waals surface area contributed by atoms with Crippen molar-refractivity contribution in [2.45, 2.75) is 24.9 Å². The van der Waals surface area contributed by atoms with Gasteiger partial charge in [-0.2, -0.15) is 0 Å². The highest BCUT2D eigenvalue weighted by Gasteiger charge is 2.34.